The summed E-state index contributed by atoms with van der Waals surface area (Å²) in [6.45, 7) is 9.48. The molecular formula is C15H26N2S. The van der Waals surface area contributed by atoms with Crippen LogP contribution in [0, 0.1) is 5.92 Å². The van der Waals surface area contributed by atoms with Gasteiger partial charge in [-0.3, -0.25) is 4.90 Å². The third kappa shape index (κ3) is 4.38. The maximum atomic E-state index is 3.57. The third-order valence-electron chi connectivity index (χ3n) is 3.95. The molecule has 0 spiro atoms. The van der Waals surface area contributed by atoms with Crippen molar-refractivity contribution in [2.45, 2.75) is 39.2 Å². The topological polar surface area (TPSA) is 15.3 Å². The lowest BCUT2D eigenvalue weighted by Crippen LogP contribution is -2.44. The van der Waals surface area contributed by atoms with Crippen molar-refractivity contribution in [1.82, 2.24) is 10.2 Å². The van der Waals surface area contributed by atoms with E-state index in [1.165, 1.54) is 37.2 Å². The predicted octanol–water partition coefficient (Wildman–Crippen LogP) is 3.00. The molecule has 1 saturated heterocycles. The van der Waals surface area contributed by atoms with Gasteiger partial charge in [-0.15, -0.1) is 11.3 Å². The van der Waals surface area contributed by atoms with Gasteiger partial charge >= 0.3 is 0 Å². The van der Waals surface area contributed by atoms with Crippen LogP contribution in [-0.4, -0.2) is 37.1 Å². The summed E-state index contributed by atoms with van der Waals surface area (Å²) in [5.74, 6) is 0.882. The zero-order valence-corrected chi connectivity index (χ0v) is 12.5. The summed E-state index contributed by atoms with van der Waals surface area (Å²) >= 11 is 1.86. The Bertz CT molecular complexity index is 323. The van der Waals surface area contributed by atoms with E-state index >= 15 is 0 Å². The van der Waals surface area contributed by atoms with E-state index < -0.39 is 0 Å². The lowest BCUT2D eigenvalue weighted by atomic mass is 9.95. The van der Waals surface area contributed by atoms with Crippen LogP contribution in [0.15, 0.2) is 17.5 Å². The lowest BCUT2D eigenvalue weighted by molar-refractivity contribution is 0.126. The summed E-state index contributed by atoms with van der Waals surface area (Å²) in [6.07, 6.45) is 3.95. The van der Waals surface area contributed by atoms with Gasteiger partial charge in [0.05, 0.1) is 0 Å². The molecule has 3 heteroatoms. The zero-order valence-electron chi connectivity index (χ0n) is 11.7. The van der Waals surface area contributed by atoms with Crippen molar-refractivity contribution < 1.29 is 0 Å². The summed E-state index contributed by atoms with van der Waals surface area (Å²) < 4.78 is 0. The minimum Gasteiger partial charge on any atom is -0.315 e. The summed E-state index contributed by atoms with van der Waals surface area (Å²) in [5.41, 5.74) is 0. The van der Waals surface area contributed by atoms with Crippen LogP contribution in [0.1, 0.15) is 31.6 Å². The molecule has 102 valence electrons. The van der Waals surface area contributed by atoms with Crippen LogP contribution in [0.25, 0.3) is 0 Å². The third-order valence-corrected chi connectivity index (χ3v) is 4.89. The molecule has 1 aromatic rings. The van der Waals surface area contributed by atoms with E-state index in [1.54, 1.807) is 0 Å². The molecular weight excluding hydrogens is 240 g/mol. The normalized spacial score (nSPS) is 25.4. The fraction of sp³-hybridized carbons (Fsp3) is 0.733. The molecule has 1 aromatic heterocycles. The first-order valence-corrected chi connectivity index (χ1v) is 8.11. The Balaban J connectivity index is 1.57. The first-order chi connectivity index (χ1) is 8.75. The number of hydrogen-bond acceptors (Lipinski definition) is 3. The van der Waals surface area contributed by atoms with Crippen LogP contribution < -0.4 is 5.32 Å². The van der Waals surface area contributed by atoms with Crippen molar-refractivity contribution in [3.05, 3.63) is 22.4 Å². The summed E-state index contributed by atoms with van der Waals surface area (Å²) in [5, 5.41) is 5.73. The standard InChI is InChI=1S/C15H26N2S/c1-13-5-6-14(2)17(12-13)10-9-16-8-7-15-4-3-11-18-15/h3-4,11,13-14,16H,5-10,12H2,1-2H3. The molecule has 1 fully saturated rings. The molecule has 0 radical (unpaired) electrons. The van der Waals surface area contributed by atoms with Gasteiger partial charge in [0.2, 0.25) is 0 Å². The molecule has 0 saturated carbocycles. The van der Waals surface area contributed by atoms with Crippen LogP contribution in [0.3, 0.4) is 0 Å². The Morgan fingerprint density at radius 1 is 1.33 bits per heavy atom. The second-order valence-electron chi connectivity index (χ2n) is 5.61. The Kier molecular flexibility index (Phi) is 5.67. The van der Waals surface area contributed by atoms with Crippen molar-refractivity contribution in [3.8, 4) is 0 Å². The number of hydrogen-bond donors (Lipinski definition) is 1. The van der Waals surface area contributed by atoms with Gasteiger partial charge < -0.3 is 5.32 Å². The first kappa shape index (κ1) is 14.0. The average Bonchev–Trinajstić information content (AvgIpc) is 2.86. The van der Waals surface area contributed by atoms with E-state index in [0.717, 1.165) is 25.0 Å². The first-order valence-electron chi connectivity index (χ1n) is 7.23. The van der Waals surface area contributed by atoms with Gasteiger partial charge in [0.1, 0.15) is 0 Å². The van der Waals surface area contributed by atoms with Crippen LogP contribution >= 0.6 is 11.3 Å². The quantitative estimate of drug-likeness (QED) is 0.796. The van der Waals surface area contributed by atoms with Crippen LogP contribution in [0.2, 0.25) is 0 Å². The smallest absolute Gasteiger partial charge is 0.0110 e. The van der Waals surface area contributed by atoms with Crippen molar-refractivity contribution in [1.29, 1.82) is 0 Å². The molecule has 0 aromatic carbocycles. The Hall–Kier alpha value is -0.380. The minimum atomic E-state index is 0.778. The van der Waals surface area contributed by atoms with Crippen LogP contribution in [0.4, 0.5) is 0 Å². The second-order valence-corrected chi connectivity index (χ2v) is 6.64. The van der Waals surface area contributed by atoms with Gasteiger partial charge in [-0.2, -0.15) is 0 Å². The Labute approximate surface area is 115 Å². The van der Waals surface area contributed by atoms with E-state index in [2.05, 4.69) is 41.6 Å². The number of nitrogens with one attached hydrogen (secondary N) is 1. The predicted molar refractivity (Wildman–Crippen MR) is 80.3 cm³/mol. The molecule has 1 aliphatic heterocycles. The van der Waals surface area contributed by atoms with Gasteiger partial charge in [0.15, 0.2) is 0 Å². The number of nitrogens with zero attached hydrogens (tertiary/aromatic N) is 1. The molecule has 1 N–H and O–H groups in total. The van der Waals surface area contributed by atoms with Gasteiger partial charge in [0.25, 0.3) is 0 Å². The summed E-state index contributed by atoms with van der Waals surface area (Å²) in [6, 6.07) is 5.14. The van der Waals surface area contributed by atoms with E-state index in [0.29, 0.717) is 0 Å². The fourth-order valence-corrected chi connectivity index (χ4v) is 3.41. The van der Waals surface area contributed by atoms with Gasteiger partial charge in [-0.1, -0.05) is 13.0 Å². The van der Waals surface area contributed by atoms with Crippen molar-refractivity contribution in [2.75, 3.05) is 26.2 Å². The molecule has 2 rings (SSSR count). The largest absolute Gasteiger partial charge is 0.315 e. The summed E-state index contributed by atoms with van der Waals surface area (Å²) in [7, 11) is 0. The van der Waals surface area contributed by atoms with E-state index in [9.17, 15) is 0 Å². The highest BCUT2D eigenvalue weighted by molar-refractivity contribution is 7.09. The van der Waals surface area contributed by atoms with E-state index in [1.807, 2.05) is 11.3 Å². The van der Waals surface area contributed by atoms with Crippen LogP contribution in [-0.2, 0) is 6.42 Å². The number of thiophene rings is 1. The maximum Gasteiger partial charge on any atom is 0.0110 e. The van der Waals surface area contributed by atoms with Gasteiger partial charge in [-0.05, 0) is 43.6 Å². The molecule has 2 nitrogen and oxygen atoms in total. The maximum absolute atomic E-state index is 3.57. The molecule has 0 bridgehead atoms. The molecule has 0 amide bonds. The fourth-order valence-electron chi connectivity index (χ4n) is 2.71. The molecule has 2 atom stereocenters. The van der Waals surface area contributed by atoms with Crippen molar-refractivity contribution in [2.24, 2.45) is 5.92 Å². The number of rotatable bonds is 6. The van der Waals surface area contributed by atoms with Crippen molar-refractivity contribution >= 4 is 11.3 Å². The monoisotopic (exact) mass is 266 g/mol. The van der Waals surface area contributed by atoms with E-state index in [-0.39, 0.29) is 0 Å². The number of piperidine rings is 1. The highest BCUT2D eigenvalue weighted by Crippen LogP contribution is 2.20. The van der Waals surface area contributed by atoms with Crippen LogP contribution in [0.5, 0.6) is 0 Å². The molecule has 0 aliphatic carbocycles. The average molecular weight is 266 g/mol. The molecule has 2 unspecified atom stereocenters. The van der Waals surface area contributed by atoms with Gasteiger partial charge in [-0.25, -0.2) is 0 Å². The molecule has 18 heavy (non-hydrogen) atoms. The highest BCUT2D eigenvalue weighted by Gasteiger charge is 2.21. The highest BCUT2D eigenvalue weighted by atomic mass is 32.1. The molecule has 2 heterocycles. The van der Waals surface area contributed by atoms with Crippen molar-refractivity contribution in [3.63, 3.8) is 0 Å². The van der Waals surface area contributed by atoms with E-state index in [4.69, 9.17) is 0 Å². The second kappa shape index (κ2) is 7.27. The lowest BCUT2D eigenvalue weighted by Gasteiger charge is -2.36. The van der Waals surface area contributed by atoms with Gasteiger partial charge in [0, 0.05) is 37.1 Å². The summed E-state index contributed by atoms with van der Waals surface area (Å²) in [4.78, 5) is 4.13. The minimum absolute atomic E-state index is 0.778. The zero-order chi connectivity index (χ0) is 12.8. The Morgan fingerprint density at radius 2 is 2.22 bits per heavy atom. The molecule has 1 aliphatic rings. The SMILES string of the molecule is CC1CCC(C)N(CCNCCc2cccs2)C1. The Morgan fingerprint density at radius 3 is 3.00 bits per heavy atom. The number of likely N-dealkylation sites (tertiary alicyclic amines) is 1.